The summed E-state index contributed by atoms with van der Waals surface area (Å²) in [5, 5.41) is 6.91. The van der Waals surface area contributed by atoms with Gasteiger partial charge in [0.2, 0.25) is 0 Å². The third-order valence-corrected chi connectivity index (χ3v) is 4.90. The molecule has 2 aromatic rings. The smallest absolute Gasteiger partial charge is 0.268 e. The maximum absolute atomic E-state index is 13.7. The molecule has 0 aliphatic rings. The van der Waals surface area contributed by atoms with Crippen LogP contribution in [0.25, 0.3) is 11.1 Å². The van der Waals surface area contributed by atoms with Gasteiger partial charge in [-0.15, -0.1) is 0 Å². The lowest BCUT2D eigenvalue weighted by Gasteiger charge is -2.32. The number of carbonyl (C=O) groups is 1. The second-order valence-electron chi connectivity index (χ2n) is 11.6. The van der Waals surface area contributed by atoms with Gasteiger partial charge in [0.05, 0.1) is 6.61 Å². The molecule has 1 amide bonds. The lowest BCUT2D eigenvalue weighted by atomic mass is 9.99. The molecule has 2 N–H and O–H groups in total. The van der Waals surface area contributed by atoms with Gasteiger partial charge in [-0.05, 0) is 81.7 Å². The molecule has 1 aromatic heterocycles. The molecule has 0 radical (unpaired) electrons. The molecule has 0 aliphatic carbocycles. The van der Waals surface area contributed by atoms with Gasteiger partial charge in [-0.3, -0.25) is 4.79 Å². The number of aryl methyl sites for hydroxylation is 1. The lowest BCUT2D eigenvalue weighted by molar-refractivity contribution is 0.0893. The van der Waals surface area contributed by atoms with E-state index in [2.05, 4.69) is 87.9 Å². The monoisotopic (exact) mass is 441 g/mol. The first kappa shape index (κ1) is 26.0. The first-order valence-corrected chi connectivity index (χ1v) is 11.6. The van der Waals surface area contributed by atoms with E-state index >= 15 is 0 Å². The summed E-state index contributed by atoms with van der Waals surface area (Å²) in [5.41, 5.74) is 3.99. The van der Waals surface area contributed by atoms with Gasteiger partial charge >= 0.3 is 0 Å². The highest BCUT2D eigenvalue weighted by molar-refractivity contribution is 6.00. The van der Waals surface area contributed by atoms with Crippen molar-refractivity contribution in [2.24, 2.45) is 0 Å². The van der Waals surface area contributed by atoms with Crippen molar-refractivity contribution in [1.29, 1.82) is 0 Å². The average molecular weight is 442 g/mol. The van der Waals surface area contributed by atoms with E-state index in [-0.39, 0.29) is 22.5 Å². The Bertz CT molecular complexity index is 951. The van der Waals surface area contributed by atoms with Crippen LogP contribution in [0.3, 0.4) is 0 Å². The van der Waals surface area contributed by atoms with Crippen LogP contribution in [0.15, 0.2) is 24.3 Å². The van der Waals surface area contributed by atoms with Crippen LogP contribution in [-0.4, -0.2) is 28.2 Å². The number of hydrogen-bond donors (Lipinski definition) is 2. The van der Waals surface area contributed by atoms with Crippen molar-refractivity contribution >= 4 is 11.7 Å². The Morgan fingerprint density at radius 2 is 1.62 bits per heavy atom. The molecular formula is C27H43N3O2. The van der Waals surface area contributed by atoms with Crippen molar-refractivity contribution in [1.82, 2.24) is 9.88 Å². The minimum atomic E-state index is -0.353. The maximum atomic E-state index is 13.7. The highest BCUT2D eigenvalue weighted by atomic mass is 16.5. The number of amides is 1. The van der Waals surface area contributed by atoms with E-state index in [9.17, 15) is 4.79 Å². The van der Waals surface area contributed by atoms with Crippen LogP contribution in [0.4, 0.5) is 5.82 Å². The molecule has 5 nitrogen and oxygen atoms in total. The number of nitrogens with one attached hydrogen (secondary N) is 2. The van der Waals surface area contributed by atoms with Crippen molar-refractivity contribution in [2.45, 2.75) is 99.4 Å². The third kappa shape index (κ3) is 6.38. The van der Waals surface area contributed by atoms with Gasteiger partial charge in [-0.25, -0.2) is 0 Å². The summed E-state index contributed by atoms with van der Waals surface area (Å²) in [7, 11) is 0. The number of carbonyl (C=O) groups excluding carboxylic acids is 1. The summed E-state index contributed by atoms with van der Waals surface area (Å²) in [5.74, 6) is 0.863. The number of aromatic nitrogens is 1. The number of hydrogen-bond acceptors (Lipinski definition) is 3. The second-order valence-corrected chi connectivity index (χ2v) is 11.6. The van der Waals surface area contributed by atoms with Crippen LogP contribution in [0.2, 0.25) is 0 Å². The summed E-state index contributed by atoms with van der Waals surface area (Å²) >= 11 is 0. The van der Waals surface area contributed by atoms with Crippen molar-refractivity contribution in [3.63, 3.8) is 0 Å². The third-order valence-electron chi connectivity index (χ3n) is 4.90. The van der Waals surface area contributed by atoms with Crippen molar-refractivity contribution in [2.75, 3.05) is 11.9 Å². The van der Waals surface area contributed by atoms with Gasteiger partial charge < -0.3 is 19.9 Å². The fourth-order valence-electron chi connectivity index (χ4n) is 3.86. The molecule has 0 saturated carbocycles. The molecule has 0 spiro atoms. The highest BCUT2D eigenvalue weighted by Crippen LogP contribution is 2.42. The van der Waals surface area contributed by atoms with Crippen molar-refractivity contribution in [3.8, 4) is 11.1 Å². The highest BCUT2D eigenvalue weighted by Gasteiger charge is 2.35. The fourth-order valence-corrected chi connectivity index (χ4v) is 3.86. The number of ether oxygens (including phenoxy) is 1. The Balaban J connectivity index is 3.00. The zero-order chi connectivity index (χ0) is 24.5. The van der Waals surface area contributed by atoms with Crippen LogP contribution in [0, 0.1) is 6.92 Å². The largest absolute Gasteiger partial charge is 0.377 e. The Morgan fingerprint density at radius 1 is 1.00 bits per heavy atom. The van der Waals surface area contributed by atoms with E-state index < -0.39 is 0 Å². The van der Waals surface area contributed by atoms with E-state index in [1.807, 2.05) is 27.7 Å². The lowest BCUT2D eigenvalue weighted by Crippen LogP contribution is -2.43. The summed E-state index contributed by atoms with van der Waals surface area (Å²) in [6.45, 7) is 23.9. The zero-order valence-electron chi connectivity index (χ0n) is 22.0. The van der Waals surface area contributed by atoms with E-state index in [1.54, 1.807) is 0 Å². The average Bonchev–Trinajstić information content (AvgIpc) is 2.90. The van der Waals surface area contributed by atoms with Gasteiger partial charge in [0, 0.05) is 34.4 Å². The molecule has 0 fully saturated rings. The van der Waals surface area contributed by atoms with Gasteiger partial charge in [-0.1, -0.05) is 29.8 Å². The van der Waals surface area contributed by atoms with E-state index in [0.29, 0.717) is 18.9 Å². The van der Waals surface area contributed by atoms with Crippen LogP contribution >= 0.6 is 0 Å². The molecule has 32 heavy (non-hydrogen) atoms. The second kappa shape index (κ2) is 9.30. The molecule has 178 valence electrons. The molecule has 0 aliphatic heterocycles. The summed E-state index contributed by atoms with van der Waals surface area (Å²) in [6.07, 6.45) is 0. The summed E-state index contributed by atoms with van der Waals surface area (Å²) in [4.78, 5) is 13.7. The van der Waals surface area contributed by atoms with Gasteiger partial charge in [-0.2, -0.15) is 0 Å². The quantitative estimate of drug-likeness (QED) is 0.538. The molecule has 1 heterocycles. The van der Waals surface area contributed by atoms with Crippen molar-refractivity contribution < 1.29 is 9.53 Å². The summed E-state index contributed by atoms with van der Waals surface area (Å²) in [6, 6.07) is 8.46. The van der Waals surface area contributed by atoms with E-state index in [1.165, 1.54) is 5.56 Å². The molecule has 0 atom stereocenters. The molecule has 1 aromatic carbocycles. The standard InChI is InChI=1S/C27H43N3O2/c1-12-32-17-20-21(19-15-13-14-18(2)16-19)23(28-25(3,4)5)30(27(9,10)11)22(20)24(31)29-26(6,7)8/h13-16,28H,12,17H2,1-11H3,(H,29,31). The fraction of sp³-hybridized carbons (Fsp3) is 0.593. The maximum Gasteiger partial charge on any atom is 0.268 e. The summed E-state index contributed by atoms with van der Waals surface area (Å²) < 4.78 is 8.08. The Hall–Kier alpha value is -2.27. The Morgan fingerprint density at radius 3 is 2.09 bits per heavy atom. The normalized spacial score (nSPS) is 12.7. The molecular weight excluding hydrogens is 398 g/mol. The predicted molar refractivity (Wildman–Crippen MR) is 136 cm³/mol. The van der Waals surface area contributed by atoms with Gasteiger partial charge in [0.25, 0.3) is 5.91 Å². The van der Waals surface area contributed by atoms with Gasteiger partial charge in [0.15, 0.2) is 0 Å². The first-order chi connectivity index (χ1) is 14.5. The van der Waals surface area contributed by atoms with Crippen LogP contribution in [0.5, 0.6) is 0 Å². The SMILES string of the molecule is CCOCc1c(-c2cccc(C)c2)c(NC(C)(C)C)n(C(C)(C)C)c1C(=O)NC(C)(C)C. The van der Waals surface area contributed by atoms with Crippen LogP contribution in [-0.2, 0) is 16.9 Å². The van der Waals surface area contributed by atoms with Gasteiger partial charge in [0.1, 0.15) is 11.5 Å². The zero-order valence-corrected chi connectivity index (χ0v) is 22.0. The molecule has 0 bridgehead atoms. The van der Waals surface area contributed by atoms with Crippen LogP contribution < -0.4 is 10.6 Å². The first-order valence-electron chi connectivity index (χ1n) is 11.6. The number of rotatable bonds is 6. The molecule has 0 unspecified atom stereocenters. The number of anilines is 1. The molecule has 0 saturated heterocycles. The minimum absolute atomic E-state index is 0.0852. The van der Waals surface area contributed by atoms with E-state index in [4.69, 9.17) is 4.74 Å². The van der Waals surface area contributed by atoms with Crippen molar-refractivity contribution in [3.05, 3.63) is 41.1 Å². The molecule has 5 heteroatoms. The Labute approximate surface area is 194 Å². The number of nitrogens with zero attached hydrogens (tertiary/aromatic N) is 1. The minimum Gasteiger partial charge on any atom is -0.377 e. The molecule has 2 rings (SSSR count). The predicted octanol–water partition coefficient (Wildman–Crippen LogP) is 6.49. The Kier molecular flexibility index (Phi) is 7.55. The number of benzene rings is 1. The topological polar surface area (TPSA) is 55.3 Å². The van der Waals surface area contributed by atoms with E-state index in [0.717, 1.165) is 22.5 Å². The van der Waals surface area contributed by atoms with Crippen LogP contribution in [0.1, 0.15) is 90.9 Å².